The van der Waals surface area contributed by atoms with E-state index in [4.69, 9.17) is 0 Å². The maximum atomic E-state index is 2.49. The lowest BCUT2D eigenvalue weighted by atomic mass is 9.82. The molecule has 2 aliphatic rings. The zero-order valence-electron chi connectivity index (χ0n) is 8.22. The summed E-state index contributed by atoms with van der Waals surface area (Å²) in [5, 5.41) is 0. The first-order chi connectivity index (χ1) is 5.13. The average molecular weight is 152 g/mol. The normalized spacial score (nSPS) is 52.6. The monoisotopic (exact) mass is 152 g/mol. The standard InChI is InChI=1S/C11H20/c1-5-6-11(4)9-8(7(2)3)10(9)11/h7-10H,5-6H2,1-4H3. The second kappa shape index (κ2) is 2.02. The Hall–Kier alpha value is 0. The predicted molar refractivity (Wildman–Crippen MR) is 48.3 cm³/mol. The van der Waals surface area contributed by atoms with Gasteiger partial charge in [-0.2, -0.15) is 0 Å². The first kappa shape index (κ1) is 7.64. The Balaban J connectivity index is 1.84. The lowest BCUT2D eigenvalue weighted by Gasteiger charge is -2.23. The lowest BCUT2D eigenvalue weighted by molar-refractivity contribution is 0.256. The highest BCUT2D eigenvalue weighted by Gasteiger charge is 2.80. The molecule has 0 bridgehead atoms. The van der Waals surface area contributed by atoms with E-state index in [1.807, 2.05) is 0 Å². The fourth-order valence-corrected chi connectivity index (χ4v) is 3.43. The highest BCUT2D eigenvalue weighted by Crippen LogP contribution is 2.84. The summed E-state index contributed by atoms with van der Waals surface area (Å²) in [6.45, 7) is 9.56. The molecule has 0 N–H and O–H groups in total. The van der Waals surface area contributed by atoms with Crippen LogP contribution in [0.3, 0.4) is 0 Å². The van der Waals surface area contributed by atoms with Gasteiger partial charge in [0.2, 0.25) is 0 Å². The molecule has 2 rings (SSSR count). The van der Waals surface area contributed by atoms with Crippen molar-refractivity contribution in [2.75, 3.05) is 0 Å². The van der Waals surface area contributed by atoms with Gasteiger partial charge in [0.15, 0.2) is 0 Å². The molecule has 0 heterocycles. The maximum Gasteiger partial charge on any atom is -0.0258 e. The summed E-state index contributed by atoms with van der Waals surface area (Å²) < 4.78 is 0. The third-order valence-electron chi connectivity index (χ3n) is 4.05. The fourth-order valence-electron chi connectivity index (χ4n) is 3.43. The quantitative estimate of drug-likeness (QED) is 0.582. The van der Waals surface area contributed by atoms with Gasteiger partial charge in [-0.05, 0) is 35.5 Å². The Kier molecular flexibility index (Phi) is 1.41. The van der Waals surface area contributed by atoms with Crippen LogP contribution in [0.5, 0.6) is 0 Å². The molecule has 2 unspecified atom stereocenters. The van der Waals surface area contributed by atoms with Crippen molar-refractivity contribution in [1.29, 1.82) is 0 Å². The van der Waals surface area contributed by atoms with Crippen LogP contribution in [0.25, 0.3) is 0 Å². The molecule has 0 heteroatoms. The molecule has 2 saturated carbocycles. The molecule has 0 saturated heterocycles. The minimum atomic E-state index is 0.809. The van der Waals surface area contributed by atoms with E-state index in [1.165, 1.54) is 12.8 Å². The summed E-state index contributed by atoms with van der Waals surface area (Å²) in [5.74, 6) is 4.35. The molecule has 2 fully saturated rings. The molecular weight excluding hydrogens is 132 g/mol. The predicted octanol–water partition coefficient (Wildman–Crippen LogP) is 3.32. The summed E-state index contributed by atoms with van der Waals surface area (Å²) in [4.78, 5) is 0. The third kappa shape index (κ3) is 0.816. The van der Waals surface area contributed by atoms with Crippen molar-refractivity contribution < 1.29 is 0 Å². The number of fused-ring (bicyclic) bond motifs is 1. The van der Waals surface area contributed by atoms with E-state index in [0.717, 1.165) is 29.1 Å². The van der Waals surface area contributed by atoms with E-state index in [2.05, 4.69) is 27.7 Å². The molecule has 0 aromatic carbocycles. The summed E-state index contributed by atoms with van der Waals surface area (Å²) in [6.07, 6.45) is 2.86. The van der Waals surface area contributed by atoms with Crippen molar-refractivity contribution in [3.05, 3.63) is 0 Å². The topological polar surface area (TPSA) is 0 Å². The molecule has 0 spiro atoms. The molecule has 2 atom stereocenters. The minimum absolute atomic E-state index is 0.809. The van der Waals surface area contributed by atoms with E-state index in [1.54, 1.807) is 0 Å². The molecule has 0 aliphatic heterocycles. The van der Waals surface area contributed by atoms with E-state index in [-0.39, 0.29) is 0 Å². The Morgan fingerprint density at radius 2 is 1.82 bits per heavy atom. The first-order valence-electron chi connectivity index (χ1n) is 5.13. The van der Waals surface area contributed by atoms with E-state index in [0.29, 0.717) is 0 Å². The van der Waals surface area contributed by atoms with Crippen molar-refractivity contribution in [1.82, 2.24) is 0 Å². The van der Waals surface area contributed by atoms with Gasteiger partial charge >= 0.3 is 0 Å². The van der Waals surface area contributed by atoms with Crippen LogP contribution in [0, 0.1) is 29.1 Å². The molecule has 2 aliphatic carbocycles. The average Bonchev–Trinajstić information content (AvgIpc) is 2.71. The summed E-state index contributed by atoms with van der Waals surface area (Å²) in [7, 11) is 0. The smallest absolute Gasteiger partial charge is 0.0258 e. The van der Waals surface area contributed by atoms with Gasteiger partial charge in [0.25, 0.3) is 0 Å². The second-order valence-electron chi connectivity index (χ2n) is 5.13. The van der Waals surface area contributed by atoms with Crippen molar-refractivity contribution in [2.24, 2.45) is 29.1 Å². The van der Waals surface area contributed by atoms with E-state index < -0.39 is 0 Å². The highest BCUT2D eigenvalue weighted by atomic mass is 14.8. The third-order valence-corrected chi connectivity index (χ3v) is 4.05. The molecule has 0 aromatic rings. The van der Waals surface area contributed by atoms with Crippen LogP contribution in [0.4, 0.5) is 0 Å². The molecule has 0 amide bonds. The molecule has 64 valence electrons. The lowest BCUT2D eigenvalue weighted by Crippen LogP contribution is -2.16. The van der Waals surface area contributed by atoms with Gasteiger partial charge in [-0.1, -0.05) is 34.1 Å². The van der Waals surface area contributed by atoms with Crippen LogP contribution in [-0.2, 0) is 0 Å². The van der Waals surface area contributed by atoms with Gasteiger partial charge in [0, 0.05) is 0 Å². The van der Waals surface area contributed by atoms with Gasteiger partial charge in [-0.15, -0.1) is 0 Å². The highest BCUT2D eigenvalue weighted by molar-refractivity contribution is 5.27. The van der Waals surface area contributed by atoms with E-state index in [9.17, 15) is 0 Å². The SMILES string of the molecule is CCCC1(C)C2C(C(C)C)C21. The van der Waals surface area contributed by atoms with E-state index >= 15 is 0 Å². The summed E-state index contributed by atoms with van der Waals surface area (Å²) in [5.41, 5.74) is 0.809. The zero-order valence-corrected chi connectivity index (χ0v) is 8.22. The number of hydrogen-bond donors (Lipinski definition) is 0. The Labute approximate surface area is 70.4 Å². The van der Waals surface area contributed by atoms with Crippen molar-refractivity contribution in [3.63, 3.8) is 0 Å². The molecule has 0 nitrogen and oxygen atoms in total. The molecular formula is C11H20. The van der Waals surface area contributed by atoms with Crippen LogP contribution < -0.4 is 0 Å². The van der Waals surface area contributed by atoms with Crippen molar-refractivity contribution in [2.45, 2.75) is 40.5 Å². The van der Waals surface area contributed by atoms with Crippen LogP contribution >= 0.6 is 0 Å². The summed E-state index contributed by atoms with van der Waals surface area (Å²) in [6, 6.07) is 0. The Morgan fingerprint density at radius 1 is 1.27 bits per heavy atom. The minimum Gasteiger partial charge on any atom is -0.0654 e. The van der Waals surface area contributed by atoms with Gasteiger partial charge < -0.3 is 0 Å². The Bertz CT molecular complexity index is 159. The van der Waals surface area contributed by atoms with Crippen LogP contribution in [0.2, 0.25) is 0 Å². The molecule has 11 heavy (non-hydrogen) atoms. The van der Waals surface area contributed by atoms with Crippen LogP contribution in [0.1, 0.15) is 40.5 Å². The second-order valence-corrected chi connectivity index (χ2v) is 5.13. The maximum absolute atomic E-state index is 2.49. The van der Waals surface area contributed by atoms with Gasteiger partial charge in [0.05, 0.1) is 0 Å². The van der Waals surface area contributed by atoms with Gasteiger partial charge in [-0.3, -0.25) is 0 Å². The van der Waals surface area contributed by atoms with Crippen LogP contribution in [0.15, 0.2) is 0 Å². The zero-order chi connectivity index (χ0) is 8.22. The number of rotatable bonds is 3. The largest absolute Gasteiger partial charge is 0.0654 e. The fraction of sp³-hybridized carbons (Fsp3) is 1.00. The molecule has 0 radical (unpaired) electrons. The van der Waals surface area contributed by atoms with Crippen molar-refractivity contribution in [3.8, 4) is 0 Å². The first-order valence-corrected chi connectivity index (χ1v) is 5.13. The van der Waals surface area contributed by atoms with Gasteiger partial charge in [-0.25, -0.2) is 0 Å². The number of hydrogen-bond acceptors (Lipinski definition) is 0. The van der Waals surface area contributed by atoms with Crippen LogP contribution in [-0.4, -0.2) is 0 Å². The molecule has 0 aromatic heterocycles. The van der Waals surface area contributed by atoms with Gasteiger partial charge in [0.1, 0.15) is 0 Å². The Morgan fingerprint density at radius 3 is 2.18 bits per heavy atom. The summed E-state index contributed by atoms with van der Waals surface area (Å²) >= 11 is 0. The van der Waals surface area contributed by atoms with Crippen molar-refractivity contribution >= 4 is 0 Å².